The van der Waals surface area contributed by atoms with E-state index in [1.165, 1.54) is 18.2 Å². The summed E-state index contributed by atoms with van der Waals surface area (Å²) in [5.74, 6) is -0.693. The highest BCUT2D eigenvalue weighted by atomic mass is 35.5. The predicted molar refractivity (Wildman–Crippen MR) is 83.1 cm³/mol. The van der Waals surface area contributed by atoms with Gasteiger partial charge in [0.1, 0.15) is 11.6 Å². The van der Waals surface area contributed by atoms with Gasteiger partial charge in [0.2, 0.25) is 0 Å². The second kappa shape index (κ2) is 7.21. The maximum Gasteiger partial charge on any atom is 0.127 e. The first kappa shape index (κ1) is 16.2. The Morgan fingerprint density at radius 2 is 1.67 bits per heavy atom. The van der Waals surface area contributed by atoms with E-state index in [9.17, 15) is 8.78 Å². The van der Waals surface area contributed by atoms with Crippen LogP contribution in [0, 0.1) is 11.6 Å². The second-order valence-corrected chi connectivity index (χ2v) is 5.71. The molecule has 0 aliphatic carbocycles. The Hall–Kier alpha value is -1.16. The van der Waals surface area contributed by atoms with Crippen molar-refractivity contribution in [1.82, 2.24) is 5.32 Å². The lowest BCUT2D eigenvalue weighted by Gasteiger charge is -2.17. The van der Waals surface area contributed by atoms with Crippen molar-refractivity contribution in [2.45, 2.75) is 18.9 Å². The third-order valence-electron chi connectivity index (χ3n) is 3.37. The number of rotatable bonds is 5. The lowest BCUT2D eigenvalue weighted by Crippen LogP contribution is -2.30. The number of benzene rings is 2. The smallest absolute Gasteiger partial charge is 0.127 e. The fourth-order valence-electron chi connectivity index (χ4n) is 2.18. The number of likely N-dealkylation sites (N-methyl/N-ethyl adjacent to an activating group) is 1. The lowest BCUT2D eigenvalue weighted by atomic mass is 9.98. The number of nitrogens with one attached hydrogen (secondary N) is 1. The van der Waals surface area contributed by atoms with Crippen molar-refractivity contribution < 1.29 is 8.78 Å². The molecule has 112 valence electrons. The van der Waals surface area contributed by atoms with Crippen LogP contribution in [-0.2, 0) is 12.8 Å². The number of hydrogen-bond acceptors (Lipinski definition) is 1. The summed E-state index contributed by atoms with van der Waals surface area (Å²) in [6.07, 6.45) is 1.07. The maximum absolute atomic E-state index is 13.8. The summed E-state index contributed by atoms with van der Waals surface area (Å²) in [6.45, 7) is 0. The molecule has 0 spiro atoms. The molecule has 0 saturated heterocycles. The van der Waals surface area contributed by atoms with Gasteiger partial charge in [-0.2, -0.15) is 0 Å². The van der Waals surface area contributed by atoms with E-state index < -0.39 is 0 Å². The Labute approximate surface area is 132 Å². The third-order valence-corrected chi connectivity index (χ3v) is 3.96. The van der Waals surface area contributed by atoms with Crippen LogP contribution in [0.3, 0.4) is 0 Å². The Balaban J connectivity index is 2.13. The second-order valence-electron chi connectivity index (χ2n) is 4.87. The van der Waals surface area contributed by atoms with E-state index in [0.717, 1.165) is 5.56 Å². The molecule has 0 aliphatic heterocycles. The van der Waals surface area contributed by atoms with E-state index in [-0.39, 0.29) is 17.7 Å². The molecule has 2 aromatic carbocycles. The first-order valence-electron chi connectivity index (χ1n) is 6.54. The molecule has 2 rings (SSSR count). The van der Waals surface area contributed by atoms with Gasteiger partial charge in [-0.05, 0) is 55.3 Å². The molecule has 0 fully saturated rings. The van der Waals surface area contributed by atoms with Gasteiger partial charge in [0, 0.05) is 16.1 Å². The molecule has 1 atom stereocenters. The van der Waals surface area contributed by atoms with Gasteiger partial charge >= 0.3 is 0 Å². The van der Waals surface area contributed by atoms with Gasteiger partial charge in [0.15, 0.2) is 0 Å². The fourth-order valence-corrected chi connectivity index (χ4v) is 2.58. The average Bonchev–Trinajstić information content (AvgIpc) is 2.43. The topological polar surface area (TPSA) is 12.0 Å². The van der Waals surface area contributed by atoms with Crippen LogP contribution in [-0.4, -0.2) is 13.1 Å². The predicted octanol–water partition coefficient (Wildman–Crippen LogP) is 4.64. The maximum atomic E-state index is 13.8. The van der Waals surface area contributed by atoms with Gasteiger partial charge in [-0.3, -0.25) is 0 Å². The molecule has 1 unspecified atom stereocenters. The van der Waals surface area contributed by atoms with E-state index in [1.807, 2.05) is 0 Å². The summed E-state index contributed by atoms with van der Waals surface area (Å²) in [4.78, 5) is 0. The highest BCUT2D eigenvalue weighted by Crippen LogP contribution is 2.21. The van der Waals surface area contributed by atoms with Gasteiger partial charge in [0.05, 0.1) is 0 Å². The zero-order chi connectivity index (χ0) is 15.4. The van der Waals surface area contributed by atoms with E-state index >= 15 is 0 Å². The summed E-state index contributed by atoms with van der Waals surface area (Å²) < 4.78 is 26.9. The summed E-state index contributed by atoms with van der Waals surface area (Å²) in [5, 5.41) is 3.89. The number of halogens is 4. The highest BCUT2D eigenvalue weighted by molar-refractivity contribution is 6.31. The Kier molecular flexibility index (Phi) is 5.57. The first-order valence-corrected chi connectivity index (χ1v) is 7.30. The average molecular weight is 330 g/mol. The standard InChI is InChI=1S/C16H15Cl2F2N/c1-21-14(6-10-3-5-13(19)9-15(10)18)7-11-2-4-12(17)8-16(11)20/h2-5,8-9,14,21H,6-7H2,1H3. The van der Waals surface area contributed by atoms with Crippen molar-refractivity contribution in [1.29, 1.82) is 0 Å². The summed E-state index contributed by atoms with van der Waals surface area (Å²) >= 11 is 11.8. The highest BCUT2D eigenvalue weighted by Gasteiger charge is 2.14. The minimum Gasteiger partial charge on any atom is -0.316 e. The molecule has 0 saturated carbocycles. The Bertz CT molecular complexity index is 578. The van der Waals surface area contributed by atoms with Gasteiger partial charge in [-0.1, -0.05) is 35.3 Å². The zero-order valence-electron chi connectivity index (χ0n) is 11.5. The van der Waals surface area contributed by atoms with Gasteiger partial charge in [0.25, 0.3) is 0 Å². The van der Waals surface area contributed by atoms with Crippen LogP contribution in [0.25, 0.3) is 0 Å². The van der Waals surface area contributed by atoms with E-state index in [0.29, 0.717) is 28.5 Å². The lowest BCUT2D eigenvalue weighted by molar-refractivity contribution is 0.531. The summed E-state index contributed by atoms with van der Waals surface area (Å²) in [6, 6.07) is 8.94. The van der Waals surface area contributed by atoms with Crippen LogP contribution in [0.15, 0.2) is 36.4 Å². The SMILES string of the molecule is CNC(Cc1ccc(Cl)cc1F)Cc1ccc(F)cc1Cl. The molecular weight excluding hydrogens is 315 g/mol. The van der Waals surface area contributed by atoms with Crippen LogP contribution in [0.5, 0.6) is 0 Å². The van der Waals surface area contributed by atoms with Crippen molar-refractivity contribution in [3.05, 3.63) is 69.2 Å². The van der Waals surface area contributed by atoms with Crippen LogP contribution >= 0.6 is 23.2 Å². The normalized spacial score (nSPS) is 12.4. The molecule has 0 heterocycles. The monoisotopic (exact) mass is 329 g/mol. The van der Waals surface area contributed by atoms with Crippen molar-refractivity contribution in [3.63, 3.8) is 0 Å². The van der Waals surface area contributed by atoms with Crippen LogP contribution in [0.1, 0.15) is 11.1 Å². The van der Waals surface area contributed by atoms with Crippen LogP contribution in [0.2, 0.25) is 10.0 Å². The van der Waals surface area contributed by atoms with Gasteiger partial charge < -0.3 is 5.32 Å². The molecule has 5 heteroatoms. The quantitative estimate of drug-likeness (QED) is 0.842. The minimum atomic E-state index is -0.367. The molecule has 1 nitrogen and oxygen atoms in total. The van der Waals surface area contributed by atoms with Crippen molar-refractivity contribution in [2.24, 2.45) is 0 Å². The van der Waals surface area contributed by atoms with Crippen molar-refractivity contribution >= 4 is 23.2 Å². The molecule has 0 bridgehead atoms. The third kappa shape index (κ3) is 4.40. The van der Waals surface area contributed by atoms with E-state index in [2.05, 4.69) is 5.32 Å². The molecule has 2 aromatic rings. The Morgan fingerprint density at radius 1 is 1.00 bits per heavy atom. The summed E-state index contributed by atoms with van der Waals surface area (Å²) in [5.41, 5.74) is 1.41. The molecule has 0 amide bonds. The zero-order valence-corrected chi connectivity index (χ0v) is 13.0. The molecule has 1 N–H and O–H groups in total. The molecule has 0 aromatic heterocycles. The van der Waals surface area contributed by atoms with Gasteiger partial charge in [-0.15, -0.1) is 0 Å². The first-order chi connectivity index (χ1) is 9.99. The van der Waals surface area contributed by atoms with Crippen molar-refractivity contribution in [3.8, 4) is 0 Å². The minimum absolute atomic E-state index is 0.0105. The Morgan fingerprint density at radius 3 is 2.29 bits per heavy atom. The van der Waals surface area contributed by atoms with Crippen LogP contribution in [0.4, 0.5) is 8.78 Å². The molecule has 0 radical (unpaired) electrons. The van der Waals surface area contributed by atoms with E-state index in [4.69, 9.17) is 23.2 Å². The molecular formula is C16H15Cl2F2N. The largest absolute Gasteiger partial charge is 0.316 e. The number of hydrogen-bond donors (Lipinski definition) is 1. The van der Waals surface area contributed by atoms with Gasteiger partial charge in [-0.25, -0.2) is 8.78 Å². The van der Waals surface area contributed by atoms with Crippen molar-refractivity contribution in [2.75, 3.05) is 7.05 Å². The summed E-state index contributed by atoms with van der Waals surface area (Å²) in [7, 11) is 1.80. The van der Waals surface area contributed by atoms with E-state index in [1.54, 1.807) is 25.2 Å². The fraction of sp³-hybridized carbons (Fsp3) is 0.250. The molecule has 21 heavy (non-hydrogen) atoms. The van der Waals surface area contributed by atoms with Crippen LogP contribution < -0.4 is 5.32 Å². The molecule has 0 aliphatic rings.